The van der Waals surface area contributed by atoms with Crippen molar-refractivity contribution in [3.63, 3.8) is 0 Å². The number of ether oxygens (including phenoxy) is 1. The fraction of sp³-hybridized carbons (Fsp3) is 0.360. The summed E-state index contributed by atoms with van der Waals surface area (Å²) in [4.78, 5) is 21.0. The summed E-state index contributed by atoms with van der Waals surface area (Å²) < 4.78 is 5.75. The fourth-order valence-electron chi connectivity index (χ4n) is 4.21. The Balaban J connectivity index is 1.74. The number of para-hydroxylation sites is 1. The molecule has 2 aromatic rings. The predicted molar refractivity (Wildman–Crippen MR) is 130 cm³/mol. The number of hydrogen-bond donors (Lipinski definition) is 0. The molecule has 2 fully saturated rings. The molecule has 4 nitrogen and oxygen atoms in total. The lowest BCUT2D eigenvalue weighted by Crippen LogP contribution is -2.44. The Hall–Kier alpha value is -2.24. The van der Waals surface area contributed by atoms with Crippen molar-refractivity contribution in [1.82, 2.24) is 4.90 Å². The van der Waals surface area contributed by atoms with Crippen LogP contribution in [0.25, 0.3) is 6.08 Å². The first kappa shape index (κ1) is 22.0. The Morgan fingerprint density at radius 2 is 1.97 bits per heavy atom. The zero-order chi connectivity index (χ0) is 21.8. The molecule has 2 aliphatic rings. The van der Waals surface area contributed by atoms with E-state index in [2.05, 4.69) is 6.92 Å². The smallest absolute Gasteiger partial charge is 0.267 e. The number of benzene rings is 2. The van der Waals surface area contributed by atoms with E-state index in [4.69, 9.17) is 21.3 Å². The Morgan fingerprint density at radius 1 is 1.19 bits per heavy atom. The number of thioether (sulfide) groups is 1. The van der Waals surface area contributed by atoms with Gasteiger partial charge >= 0.3 is 0 Å². The molecule has 4 rings (SSSR count). The lowest BCUT2D eigenvalue weighted by atomic mass is 9.85. The standard InChI is InChI=1S/C25H27ClN2O2S/c1-3-30-22-14-13-19(26)15-18(22)16-23-24(29)28(21-12-8-7-9-17(21)2)25(31-23)27-20-10-5-4-6-11-20/h4-6,10-11,13-17,21H,3,7-9,12H2,1-2H3/b23-16-,27-25?/t17-,21-/m1/s1. The third-order valence-electron chi connectivity index (χ3n) is 5.77. The van der Waals surface area contributed by atoms with Gasteiger partial charge < -0.3 is 4.74 Å². The molecule has 2 atom stereocenters. The minimum absolute atomic E-state index is 0.0147. The zero-order valence-corrected chi connectivity index (χ0v) is 19.5. The average molecular weight is 455 g/mol. The average Bonchev–Trinajstić information content (AvgIpc) is 3.06. The second-order valence-electron chi connectivity index (χ2n) is 7.96. The van der Waals surface area contributed by atoms with E-state index < -0.39 is 0 Å². The van der Waals surface area contributed by atoms with Gasteiger partial charge in [0.2, 0.25) is 0 Å². The van der Waals surface area contributed by atoms with Gasteiger partial charge in [0.05, 0.1) is 17.2 Å². The molecule has 1 saturated carbocycles. The number of amides is 1. The van der Waals surface area contributed by atoms with Gasteiger partial charge in [-0.15, -0.1) is 0 Å². The highest BCUT2D eigenvalue weighted by molar-refractivity contribution is 8.18. The predicted octanol–water partition coefficient (Wildman–Crippen LogP) is 6.92. The van der Waals surface area contributed by atoms with Gasteiger partial charge in [-0.25, -0.2) is 4.99 Å². The first-order valence-electron chi connectivity index (χ1n) is 10.9. The van der Waals surface area contributed by atoms with Crippen LogP contribution in [0.5, 0.6) is 5.75 Å². The number of aliphatic imine (C=N–C) groups is 1. The summed E-state index contributed by atoms with van der Waals surface area (Å²) in [6.45, 7) is 4.73. The maximum atomic E-state index is 13.6. The van der Waals surface area contributed by atoms with Crippen molar-refractivity contribution in [3.05, 3.63) is 64.0 Å². The monoisotopic (exact) mass is 454 g/mol. The van der Waals surface area contributed by atoms with Crippen molar-refractivity contribution in [2.24, 2.45) is 10.9 Å². The molecule has 1 saturated heterocycles. The number of carbonyl (C=O) groups is 1. The van der Waals surface area contributed by atoms with E-state index in [9.17, 15) is 4.79 Å². The van der Waals surface area contributed by atoms with E-state index in [1.807, 2.05) is 60.4 Å². The molecule has 1 aliphatic carbocycles. The summed E-state index contributed by atoms with van der Waals surface area (Å²) in [5, 5.41) is 1.36. The van der Waals surface area contributed by atoms with Crippen LogP contribution in [-0.4, -0.2) is 28.6 Å². The van der Waals surface area contributed by atoms with Gasteiger partial charge in [-0.1, -0.05) is 49.6 Å². The van der Waals surface area contributed by atoms with Gasteiger partial charge in [0.25, 0.3) is 5.91 Å². The van der Waals surface area contributed by atoms with E-state index in [-0.39, 0.29) is 11.9 Å². The SMILES string of the molecule is CCOc1ccc(Cl)cc1/C=C1\SC(=Nc2ccccc2)N([C@@H]2CCCC[C@H]2C)C1=O. The summed E-state index contributed by atoms with van der Waals surface area (Å²) >= 11 is 7.67. The van der Waals surface area contributed by atoms with Gasteiger partial charge in [0, 0.05) is 16.6 Å². The van der Waals surface area contributed by atoms with Gasteiger partial charge in [-0.2, -0.15) is 0 Å². The van der Waals surface area contributed by atoms with Gasteiger partial charge in [-0.3, -0.25) is 9.69 Å². The molecule has 6 heteroatoms. The zero-order valence-electron chi connectivity index (χ0n) is 17.9. The third-order valence-corrected chi connectivity index (χ3v) is 6.99. The molecule has 1 heterocycles. The number of hydrogen-bond acceptors (Lipinski definition) is 4. The number of halogens is 1. The molecule has 0 radical (unpaired) electrons. The normalized spacial score (nSPS) is 24.2. The molecule has 0 bridgehead atoms. The molecule has 0 N–H and O–H groups in total. The van der Waals surface area contributed by atoms with Crippen molar-refractivity contribution in [3.8, 4) is 5.75 Å². The highest BCUT2D eigenvalue weighted by Crippen LogP contribution is 2.41. The highest BCUT2D eigenvalue weighted by atomic mass is 35.5. The second kappa shape index (κ2) is 9.92. The largest absolute Gasteiger partial charge is 0.493 e. The number of nitrogens with zero attached hydrogens (tertiary/aromatic N) is 2. The molecular weight excluding hydrogens is 428 g/mol. The van der Waals surface area contributed by atoms with E-state index in [1.54, 1.807) is 6.07 Å². The topological polar surface area (TPSA) is 41.9 Å². The minimum Gasteiger partial charge on any atom is -0.493 e. The summed E-state index contributed by atoms with van der Waals surface area (Å²) in [6, 6.07) is 15.5. The van der Waals surface area contributed by atoms with E-state index in [0.29, 0.717) is 22.5 Å². The first-order valence-corrected chi connectivity index (χ1v) is 12.1. The third kappa shape index (κ3) is 4.99. The van der Waals surface area contributed by atoms with Crippen LogP contribution in [0.1, 0.15) is 45.1 Å². The van der Waals surface area contributed by atoms with Crippen LogP contribution in [0.4, 0.5) is 5.69 Å². The lowest BCUT2D eigenvalue weighted by Gasteiger charge is -2.35. The molecule has 0 unspecified atom stereocenters. The van der Waals surface area contributed by atoms with Crippen LogP contribution in [-0.2, 0) is 4.79 Å². The van der Waals surface area contributed by atoms with Gasteiger partial charge in [0.1, 0.15) is 5.75 Å². The van der Waals surface area contributed by atoms with Crippen LogP contribution < -0.4 is 4.74 Å². The quantitative estimate of drug-likeness (QED) is 0.460. The van der Waals surface area contributed by atoms with E-state index in [1.165, 1.54) is 18.2 Å². The Bertz CT molecular complexity index is 1010. The fourth-order valence-corrected chi connectivity index (χ4v) is 5.43. The number of carbonyl (C=O) groups excluding carboxylic acids is 1. The summed E-state index contributed by atoms with van der Waals surface area (Å²) in [5.74, 6) is 1.18. The molecule has 1 aliphatic heterocycles. The van der Waals surface area contributed by atoms with Crippen molar-refractivity contribution >= 4 is 46.2 Å². The Morgan fingerprint density at radius 3 is 2.71 bits per heavy atom. The molecule has 31 heavy (non-hydrogen) atoms. The van der Waals surface area contributed by atoms with Crippen molar-refractivity contribution in [2.75, 3.05) is 6.61 Å². The van der Waals surface area contributed by atoms with Gasteiger partial charge in [-0.05, 0) is 73.9 Å². The summed E-state index contributed by atoms with van der Waals surface area (Å²) in [5.41, 5.74) is 1.66. The first-order chi connectivity index (χ1) is 15.1. The molecule has 1 amide bonds. The number of amidine groups is 1. The highest BCUT2D eigenvalue weighted by Gasteiger charge is 2.41. The van der Waals surface area contributed by atoms with E-state index in [0.717, 1.165) is 41.4 Å². The van der Waals surface area contributed by atoms with Crippen molar-refractivity contribution < 1.29 is 9.53 Å². The molecule has 162 valence electrons. The Kier molecular flexibility index (Phi) is 7.03. The van der Waals surface area contributed by atoms with Crippen LogP contribution in [0, 0.1) is 5.92 Å². The van der Waals surface area contributed by atoms with Crippen LogP contribution in [0.3, 0.4) is 0 Å². The van der Waals surface area contributed by atoms with Crippen LogP contribution in [0.2, 0.25) is 5.02 Å². The van der Waals surface area contributed by atoms with E-state index >= 15 is 0 Å². The Labute approximate surface area is 193 Å². The van der Waals surface area contributed by atoms with Crippen LogP contribution >= 0.6 is 23.4 Å². The maximum absolute atomic E-state index is 13.6. The van der Waals surface area contributed by atoms with Crippen LogP contribution in [0.15, 0.2) is 58.4 Å². The molecule has 0 aromatic heterocycles. The second-order valence-corrected chi connectivity index (χ2v) is 9.41. The molecule has 0 spiro atoms. The molecule has 2 aromatic carbocycles. The van der Waals surface area contributed by atoms with Crippen molar-refractivity contribution in [1.29, 1.82) is 0 Å². The van der Waals surface area contributed by atoms with Crippen molar-refractivity contribution in [2.45, 2.75) is 45.6 Å². The number of rotatable bonds is 5. The lowest BCUT2D eigenvalue weighted by molar-refractivity contribution is -0.124. The maximum Gasteiger partial charge on any atom is 0.267 e. The summed E-state index contributed by atoms with van der Waals surface area (Å²) in [7, 11) is 0. The molecular formula is C25H27ClN2O2S. The van der Waals surface area contributed by atoms with Gasteiger partial charge in [0.15, 0.2) is 5.17 Å². The summed E-state index contributed by atoms with van der Waals surface area (Å²) in [6.07, 6.45) is 6.40. The minimum atomic E-state index is 0.0147.